The number of aryl methyl sites for hydroxylation is 1. The van der Waals surface area contributed by atoms with Crippen LogP contribution in [0, 0.1) is 0 Å². The summed E-state index contributed by atoms with van der Waals surface area (Å²) in [5.74, 6) is -1.73. The fraction of sp³-hybridized carbons (Fsp3) is 0.833. The highest BCUT2D eigenvalue weighted by Gasteiger charge is 2.39. The Balaban J connectivity index is 2.12. The van der Waals surface area contributed by atoms with Gasteiger partial charge in [0.25, 0.3) is 5.16 Å². The van der Waals surface area contributed by atoms with E-state index >= 15 is 0 Å². The van der Waals surface area contributed by atoms with Crippen LogP contribution in [0.4, 0.5) is 0 Å². The first-order valence-corrected chi connectivity index (χ1v) is 8.66. The molecule has 11 heteroatoms. The van der Waals surface area contributed by atoms with Crippen LogP contribution in [0.15, 0.2) is 5.16 Å². The number of carbonyl (C=O) groups is 1. The lowest BCUT2D eigenvalue weighted by Crippen LogP contribution is -2.47. The second kappa shape index (κ2) is 6.49. The largest absolute Gasteiger partial charge is 0.469 e. The zero-order chi connectivity index (χ0) is 17.3. The van der Waals surface area contributed by atoms with E-state index in [0.29, 0.717) is 0 Å². The Labute approximate surface area is 134 Å². The lowest BCUT2D eigenvalue weighted by Gasteiger charge is -2.40. The fourth-order valence-corrected chi connectivity index (χ4v) is 3.96. The van der Waals surface area contributed by atoms with E-state index in [-0.39, 0.29) is 23.8 Å². The molecule has 2 heterocycles. The third-order valence-electron chi connectivity index (χ3n) is 3.31. The molecule has 0 bridgehead atoms. The van der Waals surface area contributed by atoms with Crippen LogP contribution in [0.5, 0.6) is 0 Å². The van der Waals surface area contributed by atoms with Crippen molar-refractivity contribution in [3.63, 3.8) is 0 Å². The Bertz CT molecular complexity index is 671. The smallest absolute Gasteiger partial charge is 0.308 e. The Morgan fingerprint density at radius 1 is 1.39 bits per heavy atom. The van der Waals surface area contributed by atoms with Gasteiger partial charge in [0.1, 0.15) is 0 Å². The van der Waals surface area contributed by atoms with Crippen LogP contribution >= 0.6 is 0 Å². The number of carbonyl (C=O) groups excluding carboxylic acids is 1. The Morgan fingerprint density at radius 3 is 2.61 bits per heavy atom. The van der Waals surface area contributed by atoms with Crippen molar-refractivity contribution < 1.29 is 27.4 Å². The predicted octanol–water partition coefficient (Wildman–Crippen LogP) is -0.543. The molecule has 1 fully saturated rings. The highest BCUT2D eigenvalue weighted by atomic mass is 32.2. The molecule has 0 amide bonds. The molecule has 130 valence electrons. The molecule has 0 spiro atoms. The van der Waals surface area contributed by atoms with Crippen molar-refractivity contribution in [2.75, 3.05) is 12.9 Å². The number of nitrogens with zero attached hydrogens (tertiary/aromatic N) is 4. The number of methoxy groups -OCH3 is 1. The van der Waals surface area contributed by atoms with Gasteiger partial charge in [0.15, 0.2) is 5.79 Å². The summed E-state index contributed by atoms with van der Waals surface area (Å²) in [5.41, 5.74) is 0. The van der Waals surface area contributed by atoms with E-state index in [1.54, 1.807) is 13.8 Å². The minimum absolute atomic E-state index is 0.0331. The van der Waals surface area contributed by atoms with Crippen molar-refractivity contribution in [3.05, 3.63) is 0 Å². The molecule has 0 aliphatic carbocycles. The number of esters is 1. The number of rotatable bonds is 5. The van der Waals surface area contributed by atoms with Crippen molar-refractivity contribution in [2.45, 2.75) is 49.8 Å². The molecular formula is C12H20N4O6S. The van der Waals surface area contributed by atoms with Crippen molar-refractivity contribution in [2.24, 2.45) is 7.05 Å². The van der Waals surface area contributed by atoms with Crippen LogP contribution in [0.25, 0.3) is 0 Å². The number of sulfone groups is 1. The van der Waals surface area contributed by atoms with Crippen LogP contribution in [-0.4, -0.2) is 65.5 Å². The van der Waals surface area contributed by atoms with Crippen LogP contribution < -0.4 is 0 Å². The fourth-order valence-electron chi connectivity index (χ4n) is 2.52. The van der Waals surface area contributed by atoms with Crippen molar-refractivity contribution in [3.8, 4) is 0 Å². The second-order valence-corrected chi connectivity index (χ2v) is 7.69. The summed E-state index contributed by atoms with van der Waals surface area (Å²) in [7, 11) is -0.991. The van der Waals surface area contributed by atoms with Gasteiger partial charge < -0.3 is 14.2 Å². The van der Waals surface area contributed by atoms with Gasteiger partial charge in [-0.05, 0) is 24.3 Å². The van der Waals surface area contributed by atoms with Gasteiger partial charge in [-0.15, -0.1) is 0 Å². The highest BCUT2D eigenvalue weighted by Crippen LogP contribution is 2.29. The van der Waals surface area contributed by atoms with Crippen LogP contribution in [0.2, 0.25) is 0 Å². The number of hydrogen-bond donors (Lipinski definition) is 0. The number of hydrogen-bond acceptors (Lipinski definition) is 9. The van der Waals surface area contributed by atoms with E-state index in [4.69, 9.17) is 9.47 Å². The lowest BCUT2D eigenvalue weighted by molar-refractivity contribution is -0.295. The minimum Gasteiger partial charge on any atom is -0.469 e. The monoisotopic (exact) mass is 348 g/mol. The highest BCUT2D eigenvalue weighted by molar-refractivity contribution is 7.91. The maximum absolute atomic E-state index is 12.4. The van der Waals surface area contributed by atoms with Gasteiger partial charge in [-0.25, -0.2) is 13.1 Å². The van der Waals surface area contributed by atoms with Gasteiger partial charge in [0, 0.05) is 13.5 Å². The van der Waals surface area contributed by atoms with Gasteiger partial charge in [-0.1, -0.05) is 5.10 Å². The molecule has 2 atom stereocenters. The molecule has 0 radical (unpaired) electrons. The normalized spacial score (nSPS) is 24.3. The van der Waals surface area contributed by atoms with Gasteiger partial charge in [0.2, 0.25) is 9.84 Å². The second-order valence-electron chi connectivity index (χ2n) is 5.76. The van der Waals surface area contributed by atoms with E-state index in [9.17, 15) is 13.2 Å². The summed E-state index contributed by atoms with van der Waals surface area (Å²) in [4.78, 5) is 11.4. The number of tetrazole rings is 1. The van der Waals surface area contributed by atoms with Gasteiger partial charge in [0.05, 0.1) is 31.5 Å². The molecule has 1 aliphatic heterocycles. The Morgan fingerprint density at radius 2 is 2.04 bits per heavy atom. The Kier molecular flexibility index (Phi) is 5.01. The van der Waals surface area contributed by atoms with Crippen LogP contribution in [0.1, 0.15) is 26.7 Å². The topological polar surface area (TPSA) is 123 Å². The van der Waals surface area contributed by atoms with Crippen molar-refractivity contribution in [1.82, 2.24) is 20.2 Å². The van der Waals surface area contributed by atoms with Gasteiger partial charge in [-0.3, -0.25) is 4.79 Å². The number of ether oxygens (including phenoxy) is 3. The SMILES string of the molecule is COC(=O)C[C@@H]1C[C@@H](CS(=O)(=O)c2nnnn2C)OC(C)(C)O1. The van der Waals surface area contributed by atoms with Crippen molar-refractivity contribution in [1.29, 1.82) is 0 Å². The maximum atomic E-state index is 12.4. The molecule has 1 aliphatic rings. The van der Waals surface area contributed by atoms with Gasteiger partial charge in [-0.2, -0.15) is 0 Å². The molecule has 1 aromatic heterocycles. The molecule has 10 nitrogen and oxygen atoms in total. The zero-order valence-electron chi connectivity index (χ0n) is 13.4. The summed E-state index contributed by atoms with van der Waals surface area (Å²) in [6.45, 7) is 3.33. The molecule has 1 saturated heterocycles. The predicted molar refractivity (Wildman–Crippen MR) is 75.9 cm³/mol. The maximum Gasteiger partial charge on any atom is 0.308 e. The van der Waals surface area contributed by atoms with Crippen LogP contribution in [0.3, 0.4) is 0 Å². The van der Waals surface area contributed by atoms with E-state index < -0.39 is 33.8 Å². The molecule has 0 saturated carbocycles. The molecule has 2 rings (SSSR count). The molecule has 23 heavy (non-hydrogen) atoms. The third kappa shape index (κ3) is 4.45. The molecule has 0 aromatic carbocycles. The first kappa shape index (κ1) is 17.8. The molecule has 1 aromatic rings. The third-order valence-corrected chi connectivity index (χ3v) is 5.03. The summed E-state index contributed by atoms with van der Waals surface area (Å²) in [5, 5.41) is 10.1. The number of aromatic nitrogens is 4. The average Bonchev–Trinajstić information content (AvgIpc) is 2.83. The minimum atomic E-state index is -3.72. The Hall–Kier alpha value is -1.59. The summed E-state index contributed by atoms with van der Waals surface area (Å²) in [6, 6.07) is 0. The molecular weight excluding hydrogens is 328 g/mol. The summed E-state index contributed by atoms with van der Waals surface area (Å²) < 4.78 is 41.8. The van der Waals surface area contributed by atoms with Crippen molar-refractivity contribution >= 4 is 15.8 Å². The van der Waals surface area contributed by atoms with E-state index in [0.717, 1.165) is 4.68 Å². The lowest BCUT2D eigenvalue weighted by atomic mass is 10.1. The van der Waals surface area contributed by atoms with E-state index in [2.05, 4.69) is 20.3 Å². The van der Waals surface area contributed by atoms with E-state index in [1.807, 2.05) is 0 Å². The first-order valence-electron chi connectivity index (χ1n) is 7.00. The van der Waals surface area contributed by atoms with E-state index in [1.165, 1.54) is 14.2 Å². The summed E-state index contributed by atoms with van der Waals surface area (Å²) >= 11 is 0. The molecule has 0 unspecified atom stereocenters. The standard InChI is InChI=1S/C12H20N4O6S/c1-12(2)21-8(6-10(17)20-4)5-9(22-12)7-23(18,19)11-13-14-15-16(11)3/h8-9H,5-7H2,1-4H3/t8-,9-/m0/s1. The first-order chi connectivity index (χ1) is 10.6. The summed E-state index contributed by atoms with van der Waals surface area (Å²) in [6.07, 6.45) is -0.840. The molecule has 0 N–H and O–H groups in total. The average molecular weight is 348 g/mol. The van der Waals surface area contributed by atoms with Crippen LogP contribution in [-0.2, 0) is 35.9 Å². The van der Waals surface area contributed by atoms with Gasteiger partial charge >= 0.3 is 5.97 Å². The zero-order valence-corrected chi connectivity index (χ0v) is 14.2. The quantitative estimate of drug-likeness (QED) is 0.645.